The van der Waals surface area contributed by atoms with Crippen molar-refractivity contribution in [2.45, 2.75) is 70.2 Å². The lowest BCUT2D eigenvalue weighted by atomic mass is 9.70. The first-order valence-electron chi connectivity index (χ1n) is 12.6. The second-order valence-corrected chi connectivity index (χ2v) is 10.5. The number of amides is 1. The topological polar surface area (TPSA) is 107 Å². The van der Waals surface area contributed by atoms with Gasteiger partial charge in [-0.2, -0.15) is 0 Å². The predicted molar refractivity (Wildman–Crippen MR) is 135 cm³/mol. The molecule has 2 N–H and O–H groups in total. The van der Waals surface area contributed by atoms with Gasteiger partial charge in [0.25, 0.3) is 11.5 Å². The van der Waals surface area contributed by atoms with Crippen LogP contribution < -0.4 is 20.9 Å². The van der Waals surface area contributed by atoms with Crippen molar-refractivity contribution in [1.82, 2.24) is 19.9 Å². The molecule has 4 aliphatic rings. The van der Waals surface area contributed by atoms with Gasteiger partial charge in [0.15, 0.2) is 18.2 Å². The standard InChI is InChI=1S/C27H31N5O4/c1-17-11-20-21(12-18(17)2)32(24(34)14-28-20)10-9-27-7-5-26(6-8-27,16-36-27)29-13-19-3-4-22-25(30-19)31-23(33)15-35-22/h3-4,11-12,14,29H,5-10,13,15-16H2,1-2H3,(H,30,31,33). The Labute approximate surface area is 209 Å². The number of hydrogen-bond donors (Lipinski definition) is 2. The second kappa shape index (κ2) is 8.67. The molecule has 3 fully saturated rings. The van der Waals surface area contributed by atoms with Crippen LogP contribution in [0.4, 0.5) is 5.82 Å². The van der Waals surface area contributed by atoms with E-state index in [1.54, 1.807) is 0 Å². The summed E-state index contributed by atoms with van der Waals surface area (Å²) >= 11 is 0. The Morgan fingerprint density at radius 3 is 2.69 bits per heavy atom. The Morgan fingerprint density at radius 1 is 1.11 bits per heavy atom. The number of hydrogen-bond acceptors (Lipinski definition) is 7. The van der Waals surface area contributed by atoms with Crippen LogP contribution in [0.15, 0.2) is 35.3 Å². The van der Waals surface area contributed by atoms with Crippen molar-refractivity contribution in [2.24, 2.45) is 0 Å². The lowest BCUT2D eigenvalue weighted by Crippen LogP contribution is -2.61. The molecule has 36 heavy (non-hydrogen) atoms. The normalized spacial score (nSPS) is 24.9. The van der Waals surface area contributed by atoms with Gasteiger partial charge >= 0.3 is 0 Å². The van der Waals surface area contributed by atoms with Gasteiger partial charge in [0.2, 0.25) is 0 Å². The summed E-state index contributed by atoms with van der Waals surface area (Å²) in [5, 5.41) is 6.46. The molecule has 9 heteroatoms. The van der Waals surface area contributed by atoms with Crippen LogP contribution in [0.2, 0.25) is 0 Å². The highest BCUT2D eigenvalue weighted by atomic mass is 16.5. The fraction of sp³-hybridized carbons (Fsp3) is 0.481. The van der Waals surface area contributed by atoms with Crippen LogP contribution in [0.1, 0.15) is 48.9 Å². The Morgan fingerprint density at radius 2 is 1.92 bits per heavy atom. The third kappa shape index (κ3) is 4.16. The number of fused-ring (bicyclic) bond motifs is 5. The van der Waals surface area contributed by atoms with Crippen LogP contribution in [0.3, 0.4) is 0 Å². The van der Waals surface area contributed by atoms with Gasteiger partial charge in [0.05, 0.1) is 35.1 Å². The minimum absolute atomic E-state index is 0.0276. The van der Waals surface area contributed by atoms with Gasteiger partial charge in [-0.15, -0.1) is 0 Å². The molecule has 2 aromatic heterocycles. The molecular formula is C27H31N5O4. The van der Waals surface area contributed by atoms with Crippen LogP contribution in [0.25, 0.3) is 11.0 Å². The van der Waals surface area contributed by atoms with E-state index in [9.17, 15) is 9.59 Å². The lowest BCUT2D eigenvalue weighted by Gasteiger charge is -2.53. The van der Waals surface area contributed by atoms with Crippen molar-refractivity contribution in [3.63, 3.8) is 0 Å². The number of nitrogens with one attached hydrogen (secondary N) is 2. The third-order valence-electron chi connectivity index (χ3n) is 8.20. The van der Waals surface area contributed by atoms with E-state index in [0.717, 1.165) is 54.4 Å². The average molecular weight is 490 g/mol. The van der Waals surface area contributed by atoms with Crippen LogP contribution >= 0.6 is 0 Å². The minimum Gasteiger partial charge on any atom is -0.480 e. The summed E-state index contributed by atoms with van der Waals surface area (Å²) in [6.45, 7) is 6.01. The van der Waals surface area contributed by atoms with E-state index in [0.29, 0.717) is 31.3 Å². The van der Waals surface area contributed by atoms with Crippen molar-refractivity contribution >= 4 is 22.8 Å². The first-order valence-corrected chi connectivity index (χ1v) is 12.6. The van der Waals surface area contributed by atoms with E-state index >= 15 is 0 Å². The quantitative estimate of drug-likeness (QED) is 0.548. The molecule has 1 aromatic carbocycles. The number of anilines is 1. The molecule has 3 aromatic rings. The molecule has 0 unspecified atom stereocenters. The highest BCUT2D eigenvalue weighted by molar-refractivity contribution is 5.94. The van der Waals surface area contributed by atoms with Gasteiger partial charge in [-0.1, -0.05) is 0 Å². The Bertz CT molecular complexity index is 1390. The number of ether oxygens (including phenoxy) is 2. The maximum absolute atomic E-state index is 12.7. The maximum Gasteiger partial charge on any atom is 0.269 e. The number of carbonyl (C=O) groups excluding carboxylic acids is 1. The lowest BCUT2D eigenvalue weighted by molar-refractivity contribution is -0.167. The molecule has 3 aliphatic heterocycles. The van der Waals surface area contributed by atoms with E-state index < -0.39 is 0 Å². The average Bonchev–Trinajstić information content (AvgIpc) is 2.89. The molecule has 2 saturated heterocycles. The summed E-state index contributed by atoms with van der Waals surface area (Å²) in [5.74, 6) is 0.899. The monoisotopic (exact) mass is 489 g/mol. The zero-order valence-corrected chi connectivity index (χ0v) is 20.7. The maximum atomic E-state index is 12.7. The summed E-state index contributed by atoms with van der Waals surface area (Å²) in [6.07, 6.45) is 6.18. The molecule has 0 spiro atoms. The van der Waals surface area contributed by atoms with Gasteiger partial charge in [-0.05, 0) is 81.3 Å². The Kier molecular flexibility index (Phi) is 5.57. The van der Waals surface area contributed by atoms with Crippen molar-refractivity contribution in [2.75, 3.05) is 18.5 Å². The van der Waals surface area contributed by atoms with Gasteiger partial charge in [0, 0.05) is 18.6 Å². The number of benzene rings is 1. The molecule has 7 rings (SSSR count). The Balaban J connectivity index is 1.11. The smallest absolute Gasteiger partial charge is 0.269 e. The molecule has 9 nitrogen and oxygen atoms in total. The molecular weight excluding hydrogens is 458 g/mol. The van der Waals surface area contributed by atoms with E-state index in [-0.39, 0.29) is 29.2 Å². The van der Waals surface area contributed by atoms with Crippen LogP contribution in [0, 0.1) is 13.8 Å². The number of aromatic nitrogens is 3. The zero-order chi connectivity index (χ0) is 24.9. The molecule has 2 bridgehead atoms. The Hall–Kier alpha value is -3.30. The number of nitrogens with zero attached hydrogens (tertiary/aromatic N) is 3. The highest BCUT2D eigenvalue weighted by Crippen LogP contribution is 2.45. The van der Waals surface area contributed by atoms with Gasteiger partial charge < -0.3 is 24.7 Å². The van der Waals surface area contributed by atoms with E-state index in [4.69, 9.17) is 9.47 Å². The predicted octanol–water partition coefficient (Wildman–Crippen LogP) is 3.00. The van der Waals surface area contributed by atoms with E-state index in [2.05, 4.69) is 46.6 Å². The SMILES string of the molecule is Cc1cc2ncc(=O)n(CCC34CCC(NCc5ccc6c(n5)NC(=O)CO6)(CC3)CO4)c2cc1C. The van der Waals surface area contributed by atoms with Crippen molar-refractivity contribution in [1.29, 1.82) is 0 Å². The van der Waals surface area contributed by atoms with Crippen LogP contribution in [-0.4, -0.2) is 44.8 Å². The second-order valence-electron chi connectivity index (χ2n) is 10.5. The van der Waals surface area contributed by atoms with E-state index in [1.165, 1.54) is 11.8 Å². The van der Waals surface area contributed by atoms with Crippen LogP contribution in [0.5, 0.6) is 5.75 Å². The number of pyridine rings is 1. The molecule has 5 heterocycles. The van der Waals surface area contributed by atoms with Crippen molar-refractivity contribution < 1.29 is 14.3 Å². The fourth-order valence-electron chi connectivity index (χ4n) is 5.66. The van der Waals surface area contributed by atoms with Crippen molar-refractivity contribution in [3.8, 4) is 5.75 Å². The summed E-state index contributed by atoms with van der Waals surface area (Å²) in [6, 6.07) is 7.90. The molecule has 1 amide bonds. The summed E-state index contributed by atoms with van der Waals surface area (Å²) in [5.41, 5.74) is 4.60. The number of aryl methyl sites for hydroxylation is 3. The molecule has 188 valence electrons. The zero-order valence-electron chi connectivity index (χ0n) is 20.7. The number of carbonyl (C=O) groups is 1. The molecule has 0 radical (unpaired) electrons. The molecule has 1 aliphatic carbocycles. The van der Waals surface area contributed by atoms with Gasteiger partial charge in [-0.3, -0.25) is 9.59 Å². The summed E-state index contributed by atoms with van der Waals surface area (Å²) in [7, 11) is 0. The first kappa shape index (κ1) is 23.1. The number of rotatable bonds is 6. The largest absolute Gasteiger partial charge is 0.480 e. The molecule has 1 saturated carbocycles. The van der Waals surface area contributed by atoms with Crippen LogP contribution in [-0.2, 0) is 22.6 Å². The summed E-state index contributed by atoms with van der Waals surface area (Å²) < 4.78 is 13.7. The molecule has 0 atom stereocenters. The highest BCUT2D eigenvalue weighted by Gasteiger charge is 2.49. The minimum atomic E-state index is -0.191. The summed E-state index contributed by atoms with van der Waals surface area (Å²) in [4.78, 5) is 33.2. The van der Waals surface area contributed by atoms with Crippen molar-refractivity contribution in [3.05, 3.63) is 57.6 Å². The van der Waals surface area contributed by atoms with Gasteiger partial charge in [-0.25, -0.2) is 9.97 Å². The first-order chi connectivity index (χ1) is 17.3. The fourth-order valence-corrected chi connectivity index (χ4v) is 5.66. The van der Waals surface area contributed by atoms with Gasteiger partial charge in [0.1, 0.15) is 0 Å². The third-order valence-corrected chi connectivity index (χ3v) is 8.20. The van der Waals surface area contributed by atoms with E-state index in [1.807, 2.05) is 16.7 Å².